The van der Waals surface area contributed by atoms with E-state index < -0.39 is 0 Å². The van der Waals surface area contributed by atoms with Crippen LogP contribution in [0.1, 0.15) is 16.1 Å². The van der Waals surface area contributed by atoms with Crippen molar-refractivity contribution < 1.29 is 4.79 Å². The summed E-state index contributed by atoms with van der Waals surface area (Å²) in [4.78, 5) is 21.1. The lowest BCUT2D eigenvalue weighted by atomic mass is 10.1. The van der Waals surface area contributed by atoms with Crippen LogP contribution in [0.4, 0.5) is 0 Å². The maximum atomic E-state index is 12.2. The Labute approximate surface area is 121 Å². The van der Waals surface area contributed by atoms with Crippen LogP contribution in [0.25, 0.3) is 4.83 Å². The first-order valence-electron chi connectivity index (χ1n) is 4.82. The molecule has 18 heavy (non-hydrogen) atoms. The molecule has 92 valence electrons. The first-order valence-corrected chi connectivity index (χ1v) is 6.43. The Morgan fingerprint density at radius 2 is 2.28 bits per heavy atom. The van der Waals surface area contributed by atoms with Gasteiger partial charge in [-0.2, -0.15) is 0 Å². The maximum absolute atomic E-state index is 12.2. The average molecular weight is 345 g/mol. The molecule has 0 aliphatic carbocycles. The SMILES string of the molecule is Cl.O=C(c1cccnc1)c1ncn2cc(Br)sc12. The summed E-state index contributed by atoms with van der Waals surface area (Å²) in [6, 6.07) is 3.48. The molecule has 7 heteroatoms. The molecular formula is C11H7BrClN3OS. The predicted molar refractivity (Wildman–Crippen MR) is 75.7 cm³/mol. The van der Waals surface area contributed by atoms with Crippen molar-refractivity contribution in [3.8, 4) is 0 Å². The first-order chi connectivity index (χ1) is 8.25. The molecule has 3 aromatic rings. The number of hydrogen-bond donors (Lipinski definition) is 0. The normalized spacial score (nSPS) is 10.3. The molecule has 0 spiro atoms. The highest BCUT2D eigenvalue weighted by atomic mass is 79.9. The largest absolute Gasteiger partial charge is 0.295 e. The van der Waals surface area contributed by atoms with Crippen molar-refractivity contribution >= 4 is 50.3 Å². The number of rotatable bonds is 2. The fourth-order valence-electron chi connectivity index (χ4n) is 1.56. The topological polar surface area (TPSA) is 47.3 Å². The van der Waals surface area contributed by atoms with Crippen LogP contribution in [-0.4, -0.2) is 20.2 Å². The van der Waals surface area contributed by atoms with Gasteiger partial charge in [-0.25, -0.2) is 4.98 Å². The Morgan fingerprint density at radius 1 is 1.44 bits per heavy atom. The van der Waals surface area contributed by atoms with E-state index in [2.05, 4.69) is 25.9 Å². The van der Waals surface area contributed by atoms with E-state index in [1.54, 1.807) is 30.9 Å². The van der Waals surface area contributed by atoms with Gasteiger partial charge in [0.15, 0.2) is 0 Å². The zero-order valence-electron chi connectivity index (χ0n) is 8.91. The minimum Gasteiger partial charge on any atom is -0.295 e. The lowest BCUT2D eigenvalue weighted by molar-refractivity contribution is 0.103. The molecule has 0 amide bonds. The van der Waals surface area contributed by atoms with Crippen LogP contribution in [0.2, 0.25) is 0 Å². The second-order valence-corrected chi connectivity index (χ2v) is 5.82. The molecule has 0 saturated heterocycles. The van der Waals surface area contributed by atoms with Gasteiger partial charge in [0, 0.05) is 24.2 Å². The molecule has 0 N–H and O–H groups in total. The second-order valence-electron chi connectivity index (χ2n) is 3.41. The third-order valence-electron chi connectivity index (χ3n) is 2.32. The summed E-state index contributed by atoms with van der Waals surface area (Å²) in [7, 11) is 0. The number of nitrogens with zero attached hydrogens (tertiary/aromatic N) is 3. The zero-order valence-corrected chi connectivity index (χ0v) is 12.1. The molecule has 3 aromatic heterocycles. The quantitative estimate of drug-likeness (QED) is 0.671. The van der Waals surface area contributed by atoms with Gasteiger partial charge in [-0.3, -0.25) is 14.2 Å². The number of halogens is 2. The third kappa shape index (κ3) is 2.19. The number of hydrogen-bond acceptors (Lipinski definition) is 4. The zero-order chi connectivity index (χ0) is 11.8. The Hall–Kier alpha value is -1.24. The lowest BCUT2D eigenvalue weighted by Crippen LogP contribution is -2.01. The Bertz CT molecular complexity index is 695. The number of pyridine rings is 1. The van der Waals surface area contributed by atoms with Crippen LogP contribution in [0.3, 0.4) is 0 Å². The highest BCUT2D eigenvalue weighted by molar-refractivity contribution is 9.11. The molecule has 0 radical (unpaired) electrons. The highest BCUT2D eigenvalue weighted by Gasteiger charge is 2.17. The van der Waals surface area contributed by atoms with E-state index in [0.29, 0.717) is 11.3 Å². The fraction of sp³-hybridized carbons (Fsp3) is 0. The highest BCUT2D eigenvalue weighted by Crippen LogP contribution is 2.26. The maximum Gasteiger partial charge on any atom is 0.215 e. The van der Waals surface area contributed by atoms with Crippen LogP contribution >= 0.6 is 39.7 Å². The summed E-state index contributed by atoms with van der Waals surface area (Å²) < 4.78 is 2.80. The summed E-state index contributed by atoms with van der Waals surface area (Å²) in [5.41, 5.74) is 1.02. The van der Waals surface area contributed by atoms with E-state index in [1.807, 2.05) is 10.6 Å². The van der Waals surface area contributed by atoms with Gasteiger partial charge in [0.1, 0.15) is 16.9 Å². The molecule has 0 aliphatic heterocycles. The van der Waals surface area contributed by atoms with Crippen LogP contribution in [0.5, 0.6) is 0 Å². The smallest absolute Gasteiger partial charge is 0.215 e. The van der Waals surface area contributed by atoms with Crippen LogP contribution in [0, 0.1) is 0 Å². The number of aromatic nitrogens is 3. The van der Waals surface area contributed by atoms with E-state index in [1.165, 1.54) is 11.3 Å². The van der Waals surface area contributed by atoms with Gasteiger partial charge in [-0.1, -0.05) is 0 Å². The third-order valence-corrected chi connectivity index (χ3v) is 3.91. The number of imidazole rings is 1. The molecule has 0 atom stereocenters. The monoisotopic (exact) mass is 343 g/mol. The summed E-state index contributed by atoms with van der Waals surface area (Å²) in [5, 5.41) is 0. The standard InChI is InChI=1S/C11H6BrN3OS.ClH/c12-8-5-15-6-14-9(11(15)17-8)10(16)7-2-1-3-13-4-7;/h1-6H;1H. The van der Waals surface area contributed by atoms with Crippen molar-refractivity contribution in [3.05, 3.63) is 52.1 Å². The molecule has 0 unspecified atom stereocenters. The minimum absolute atomic E-state index is 0. The van der Waals surface area contributed by atoms with Gasteiger partial charge in [-0.05, 0) is 28.1 Å². The second kappa shape index (κ2) is 5.17. The Morgan fingerprint density at radius 3 is 3.00 bits per heavy atom. The van der Waals surface area contributed by atoms with E-state index in [-0.39, 0.29) is 18.2 Å². The molecule has 4 nitrogen and oxygen atoms in total. The number of carbonyl (C=O) groups excluding carboxylic acids is 1. The molecule has 0 bridgehead atoms. The van der Waals surface area contributed by atoms with Gasteiger partial charge in [0.25, 0.3) is 0 Å². The molecule has 0 saturated carbocycles. The van der Waals surface area contributed by atoms with Gasteiger partial charge in [0.2, 0.25) is 5.78 Å². The van der Waals surface area contributed by atoms with Crippen molar-refractivity contribution in [2.24, 2.45) is 0 Å². The predicted octanol–water partition coefficient (Wildman–Crippen LogP) is 3.21. The van der Waals surface area contributed by atoms with Gasteiger partial charge in [0.05, 0.1) is 3.79 Å². The minimum atomic E-state index is -0.102. The Kier molecular flexibility index (Phi) is 3.79. The van der Waals surface area contributed by atoms with Gasteiger partial charge < -0.3 is 0 Å². The fourth-order valence-corrected chi connectivity index (χ4v) is 3.04. The van der Waals surface area contributed by atoms with Crippen molar-refractivity contribution in [2.75, 3.05) is 0 Å². The molecular weight excluding hydrogens is 338 g/mol. The van der Waals surface area contributed by atoms with Crippen molar-refractivity contribution in [2.45, 2.75) is 0 Å². The first kappa shape index (κ1) is 13.2. The van der Waals surface area contributed by atoms with E-state index in [9.17, 15) is 4.79 Å². The number of ketones is 1. The number of fused-ring (bicyclic) bond motifs is 1. The number of thiazole rings is 1. The average Bonchev–Trinajstić information content (AvgIpc) is 2.88. The van der Waals surface area contributed by atoms with Crippen molar-refractivity contribution in [3.63, 3.8) is 0 Å². The van der Waals surface area contributed by atoms with Gasteiger partial charge in [-0.15, -0.1) is 23.7 Å². The van der Waals surface area contributed by atoms with Crippen LogP contribution in [0.15, 0.2) is 40.8 Å². The van der Waals surface area contributed by atoms with E-state index >= 15 is 0 Å². The summed E-state index contributed by atoms with van der Waals surface area (Å²) in [6.45, 7) is 0. The van der Waals surface area contributed by atoms with Crippen molar-refractivity contribution in [1.82, 2.24) is 14.4 Å². The van der Waals surface area contributed by atoms with Gasteiger partial charge >= 0.3 is 0 Å². The molecule has 3 rings (SSSR count). The molecule has 3 heterocycles. The van der Waals surface area contributed by atoms with Crippen LogP contribution in [-0.2, 0) is 0 Å². The lowest BCUT2D eigenvalue weighted by Gasteiger charge is -1.95. The summed E-state index contributed by atoms with van der Waals surface area (Å²) >= 11 is 4.87. The number of carbonyl (C=O) groups is 1. The Balaban J connectivity index is 0.00000120. The summed E-state index contributed by atoms with van der Waals surface area (Å²) in [6.07, 6.45) is 6.71. The van der Waals surface area contributed by atoms with E-state index in [4.69, 9.17) is 0 Å². The summed E-state index contributed by atoms with van der Waals surface area (Å²) in [5.74, 6) is -0.102. The molecule has 0 fully saturated rings. The van der Waals surface area contributed by atoms with Crippen molar-refractivity contribution in [1.29, 1.82) is 0 Å². The van der Waals surface area contributed by atoms with Crippen LogP contribution < -0.4 is 0 Å². The molecule has 0 aromatic carbocycles. The van der Waals surface area contributed by atoms with E-state index in [0.717, 1.165) is 8.62 Å². The molecule has 0 aliphatic rings.